The van der Waals surface area contributed by atoms with Gasteiger partial charge in [0.25, 0.3) is 0 Å². The molecular weight excluding hydrogens is 240 g/mol. The second-order valence-corrected chi connectivity index (χ2v) is 5.65. The fraction of sp³-hybridized carbons (Fsp3) is 0.333. The summed E-state index contributed by atoms with van der Waals surface area (Å²) in [5.41, 5.74) is 1.25. The number of aromatic nitrogens is 1. The van der Waals surface area contributed by atoms with Gasteiger partial charge in [-0.25, -0.2) is 0 Å². The van der Waals surface area contributed by atoms with Crippen molar-refractivity contribution in [3.8, 4) is 0 Å². The quantitative estimate of drug-likeness (QED) is 0.859. The lowest BCUT2D eigenvalue weighted by molar-refractivity contribution is -0.123. The molecule has 4 heteroatoms. The number of amides is 1. The molecule has 0 fully saturated rings. The molecule has 0 radical (unpaired) electrons. The number of fused-ring (bicyclic) bond motifs is 1. The van der Waals surface area contributed by atoms with Crippen molar-refractivity contribution in [2.24, 2.45) is 0 Å². The Labute approximate surface area is 112 Å². The zero-order valence-electron chi connectivity index (χ0n) is 11.4. The molecular formula is C15H18N2O2. The second kappa shape index (κ2) is 4.88. The van der Waals surface area contributed by atoms with Crippen LogP contribution in [0.1, 0.15) is 31.1 Å². The van der Waals surface area contributed by atoms with E-state index in [1.54, 1.807) is 10.8 Å². The molecule has 2 aromatic rings. The van der Waals surface area contributed by atoms with Crippen LogP contribution in [0.25, 0.3) is 10.9 Å². The van der Waals surface area contributed by atoms with Crippen LogP contribution in [-0.4, -0.2) is 22.3 Å². The molecule has 1 aromatic carbocycles. The zero-order chi connectivity index (χ0) is 14.0. The van der Waals surface area contributed by atoms with E-state index in [-0.39, 0.29) is 18.0 Å². The molecule has 0 saturated heterocycles. The molecule has 1 amide bonds. The highest BCUT2D eigenvalue weighted by Crippen LogP contribution is 2.19. The first kappa shape index (κ1) is 13.3. The van der Waals surface area contributed by atoms with Gasteiger partial charge in [-0.2, -0.15) is 0 Å². The molecule has 0 atom stereocenters. The number of nitrogens with zero attached hydrogens (tertiary/aromatic N) is 1. The Hall–Kier alpha value is -2.10. The molecule has 0 aliphatic carbocycles. The number of nitrogens with one attached hydrogen (secondary N) is 1. The fourth-order valence-electron chi connectivity index (χ4n) is 2.11. The predicted molar refractivity (Wildman–Crippen MR) is 75.2 cm³/mol. The summed E-state index contributed by atoms with van der Waals surface area (Å²) in [6.45, 7) is 6.03. The lowest BCUT2D eigenvalue weighted by Crippen LogP contribution is -2.42. The van der Waals surface area contributed by atoms with Crippen LogP contribution in [0.3, 0.4) is 0 Å². The summed E-state index contributed by atoms with van der Waals surface area (Å²) < 4.78 is 1.81. The minimum absolute atomic E-state index is 0.0642. The van der Waals surface area contributed by atoms with E-state index in [4.69, 9.17) is 0 Å². The van der Waals surface area contributed by atoms with Crippen molar-refractivity contribution in [3.63, 3.8) is 0 Å². The maximum atomic E-state index is 11.9. The van der Waals surface area contributed by atoms with Gasteiger partial charge in [0, 0.05) is 28.2 Å². The van der Waals surface area contributed by atoms with Crippen molar-refractivity contribution >= 4 is 23.1 Å². The van der Waals surface area contributed by atoms with Gasteiger partial charge in [-0.05, 0) is 26.8 Å². The molecule has 0 saturated carbocycles. The predicted octanol–water partition coefficient (Wildman–Crippen LogP) is 2.37. The second-order valence-electron chi connectivity index (χ2n) is 5.65. The van der Waals surface area contributed by atoms with Crippen molar-refractivity contribution in [3.05, 3.63) is 36.0 Å². The molecule has 0 aliphatic rings. The van der Waals surface area contributed by atoms with Crippen molar-refractivity contribution in [2.75, 3.05) is 0 Å². The monoisotopic (exact) mass is 258 g/mol. The SMILES string of the molecule is CC(C)(C)NC(=O)Cn1cc(C=O)c2ccccc21. The Morgan fingerprint density at radius 2 is 2.00 bits per heavy atom. The van der Waals surface area contributed by atoms with Crippen molar-refractivity contribution in [1.82, 2.24) is 9.88 Å². The summed E-state index contributed by atoms with van der Waals surface area (Å²) in [5.74, 6) is -0.0642. The number of rotatable bonds is 3. The van der Waals surface area contributed by atoms with Crippen LogP contribution in [0.4, 0.5) is 0 Å². The molecule has 4 nitrogen and oxygen atoms in total. The third-order valence-corrected chi connectivity index (χ3v) is 2.77. The smallest absolute Gasteiger partial charge is 0.240 e. The standard InChI is InChI=1S/C15H18N2O2/c1-15(2,3)16-14(19)9-17-8-11(10-18)12-6-4-5-7-13(12)17/h4-8,10H,9H2,1-3H3,(H,16,19). The van der Waals surface area contributed by atoms with Gasteiger partial charge in [-0.15, -0.1) is 0 Å². The van der Waals surface area contributed by atoms with E-state index in [0.717, 1.165) is 17.2 Å². The summed E-state index contributed by atoms with van der Waals surface area (Å²) in [4.78, 5) is 23.0. The van der Waals surface area contributed by atoms with E-state index in [2.05, 4.69) is 5.32 Å². The van der Waals surface area contributed by atoms with E-state index in [9.17, 15) is 9.59 Å². The van der Waals surface area contributed by atoms with E-state index < -0.39 is 0 Å². The van der Waals surface area contributed by atoms with Gasteiger partial charge >= 0.3 is 0 Å². The summed E-state index contributed by atoms with van der Waals surface area (Å²) in [6.07, 6.45) is 2.54. The highest BCUT2D eigenvalue weighted by molar-refractivity contribution is 5.98. The molecule has 1 aromatic heterocycles. The van der Waals surface area contributed by atoms with E-state index >= 15 is 0 Å². The summed E-state index contributed by atoms with van der Waals surface area (Å²) in [5, 5.41) is 3.79. The van der Waals surface area contributed by atoms with Gasteiger partial charge in [-0.3, -0.25) is 9.59 Å². The van der Waals surface area contributed by atoms with Gasteiger partial charge in [-0.1, -0.05) is 18.2 Å². The van der Waals surface area contributed by atoms with Crippen LogP contribution in [0.2, 0.25) is 0 Å². The zero-order valence-corrected chi connectivity index (χ0v) is 11.4. The highest BCUT2D eigenvalue weighted by atomic mass is 16.2. The van der Waals surface area contributed by atoms with Crippen molar-refractivity contribution in [2.45, 2.75) is 32.9 Å². The largest absolute Gasteiger partial charge is 0.350 e. The maximum absolute atomic E-state index is 11.9. The third kappa shape index (κ3) is 3.02. The molecule has 0 spiro atoms. The number of hydrogen-bond acceptors (Lipinski definition) is 2. The average molecular weight is 258 g/mol. The number of carbonyl (C=O) groups is 2. The molecule has 0 aliphatic heterocycles. The average Bonchev–Trinajstić information content (AvgIpc) is 2.65. The first-order valence-corrected chi connectivity index (χ1v) is 6.25. The van der Waals surface area contributed by atoms with Gasteiger partial charge in [0.05, 0.1) is 0 Å². The minimum Gasteiger partial charge on any atom is -0.350 e. The molecule has 1 heterocycles. The number of para-hydroxylation sites is 1. The molecule has 0 bridgehead atoms. The van der Waals surface area contributed by atoms with Crippen LogP contribution in [-0.2, 0) is 11.3 Å². The molecule has 2 rings (SSSR count). The Morgan fingerprint density at radius 3 is 2.63 bits per heavy atom. The topological polar surface area (TPSA) is 51.1 Å². The number of aldehydes is 1. The number of carbonyl (C=O) groups excluding carboxylic acids is 2. The highest BCUT2D eigenvalue weighted by Gasteiger charge is 2.15. The number of hydrogen-bond donors (Lipinski definition) is 1. The van der Waals surface area contributed by atoms with Gasteiger partial charge < -0.3 is 9.88 Å². The number of benzene rings is 1. The summed E-state index contributed by atoms with van der Waals surface area (Å²) in [6, 6.07) is 7.58. The van der Waals surface area contributed by atoms with E-state index in [1.165, 1.54) is 0 Å². The Bertz CT molecular complexity index is 621. The molecule has 1 N–H and O–H groups in total. The first-order valence-electron chi connectivity index (χ1n) is 6.25. The van der Waals surface area contributed by atoms with Crippen LogP contribution < -0.4 is 5.32 Å². The summed E-state index contributed by atoms with van der Waals surface area (Å²) >= 11 is 0. The van der Waals surface area contributed by atoms with Crippen molar-refractivity contribution < 1.29 is 9.59 Å². The van der Waals surface area contributed by atoms with E-state index in [1.807, 2.05) is 45.0 Å². The third-order valence-electron chi connectivity index (χ3n) is 2.77. The molecule has 19 heavy (non-hydrogen) atoms. The maximum Gasteiger partial charge on any atom is 0.240 e. The Morgan fingerprint density at radius 1 is 1.32 bits per heavy atom. The van der Waals surface area contributed by atoms with Crippen LogP contribution >= 0.6 is 0 Å². The van der Waals surface area contributed by atoms with Gasteiger partial charge in [0.2, 0.25) is 5.91 Å². The molecule has 100 valence electrons. The minimum atomic E-state index is -0.256. The Kier molecular flexibility index (Phi) is 3.42. The van der Waals surface area contributed by atoms with Gasteiger partial charge in [0.15, 0.2) is 6.29 Å². The molecule has 0 unspecified atom stereocenters. The van der Waals surface area contributed by atoms with Crippen LogP contribution in [0, 0.1) is 0 Å². The normalized spacial score (nSPS) is 11.5. The van der Waals surface area contributed by atoms with E-state index in [0.29, 0.717) is 5.56 Å². The van der Waals surface area contributed by atoms with Crippen LogP contribution in [0.15, 0.2) is 30.5 Å². The Balaban J connectivity index is 2.31. The van der Waals surface area contributed by atoms with Crippen molar-refractivity contribution in [1.29, 1.82) is 0 Å². The summed E-state index contributed by atoms with van der Waals surface area (Å²) in [7, 11) is 0. The first-order chi connectivity index (χ1) is 8.90. The van der Waals surface area contributed by atoms with Gasteiger partial charge in [0.1, 0.15) is 6.54 Å². The van der Waals surface area contributed by atoms with Crippen LogP contribution in [0.5, 0.6) is 0 Å². The fourth-order valence-corrected chi connectivity index (χ4v) is 2.11. The lowest BCUT2D eigenvalue weighted by Gasteiger charge is -2.20. The lowest BCUT2D eigenvalue weighted by atomic mass is 10.1.